The molecule has 3 aromatic carbocycles. The molecule has 0 aromatic heterocycles. The third-order valence-corrected chi connectivity index (χ3v) is 4.97. The maximum Gasteiger partial charge on any atom is 0.271 e. The van der Waals surface area contributed by atoms with E-state index in [-0.39, 0.29) is 5.91 Å². The number of hydrogen-bond acceptors (Lipinski definition) is 5. The lowest BCUT2D eigenvalue weighted by Crippen LogP contribution is -2.18. The van der Waals surface area contributed by atoms with Gasteiger partial charge in [-0.3, -0.25) is 4.79 Å². The van der Waals surface area contributed by atoms with E-state index in [0.29, 0.717) is 47.7 Å². The van der Waals surface area contributed by atoms with Crippen molar-refractivity contribution in [2.45, 2.75) is 26.9 Å². The Hall–Kier alpha value is -3.51. The number of amides is 1. The van der Waals surface area contributed by atoms with E-state index in [2.05, 4.69) is 10.5 Å². The first-order valence-corrected chi connectivity index (χ1v) is 11.2. The number of benzene rings is 3. The zero-order chi connectivity index (χ0) is 23.5. The summed E-state index contributed by atoms with van der Waals surface area (Å²) in [5.41, 5.74) is 4.58. The van der Waals surface area contributed by atoms with Gasteiger partial charge in [0.2, 0.25) is 0 Å². The zero-order valence-electron chi connectivity index (χ0n) is 18.7. The molecule has 0 fully saturated rings. The van der Waals surface area contributed by atoms with E-state index in [4.69, 9.17) is 25.8 Å². The molecule has 0 saturated carbocycles. The molecule has 7 heteroatoms. The molecule has 0 radical (unpaired) electrons. The van der Waals surface area contributed by atoms with Crippen molar-refractivity contribution in [3.05, 3.63) is 88.4 Å². The van der Waals surface area contributed by atoms with E-state index < -0.39 is 0 Å². The molecule has 6 nitrogen and oxygen atoms in total. The molecule has 1 amide bonds. The lowest BCUT2D eigenvalue weighted by molar-refractivity contribution is 0.0954. The van der Waals surface area contributed by atoms with Crippen LogP contribution in [-0.2, 0) is 6.61 Å². The van der Waals surface area contributed by atoms with Crippen molar-refractivity contribution in [1.82, 2.24) is 5.43 Å². The van der Waals surface area contributed by atoms with Gasteiger partial charge in [-0.25, -0.2) is 5.43 Å². The van der Waals surface area contributed by atoms with Gasteiger partial charge in [-0.2, -0.15) is 5.10 Å². The second-order valence-electron chi connectivity index (χ2n) is 7.06. The third kappa shape index (κ3) is 6.99. The molecule has 0 aliphatic rings. The van der Waals surface area contributed by atoms with Crippen molar-refractivity contribution in [3.63, 3.8) is 0 Å². The number of halogens is 1. The fourth-order valence-corrected chi connectivity index (χ4v) is 3.15. The monoisotopic (exact) mass is 466 g/mol. The number of hydrazone groups is 1. The molecule has 0 spiro atoms. The molecule has 0 saturated heterocycles. The molecular formula is C26H27ClN2O4. The fraction of sp³-hybridized carbons (Fsp3) is 0.231. The minimum absolute atomic E-state index is 0.323. The van der Waals surface area contributed by atoms with Crippen LogP contribution in [-0.4, -0.2) is 25.3 Å². The number of carbonyl (C=O) groups is 1. The standard InChI is InChI=1S/C26H27ClN2O4/c1-3-15-32-24-14-13-19(16-25(24)31-4-2)26(30)29-28-17-20-9-6-8-12-23(20)33-18-21-10-5-7-11-22(21)27/h5-14,16-17H,3-4,15,18H2,1-2H3,(H,29,30)/b28-17+. The summed E-state index contributed by atoms with van der Waals surface area (Å²) in [4.78, 5) is 12.6. The van der Waals surface area contributed by atoms with Crippen molar-refractivity contribution in [3.8, 4) is 17.2 Å². The zero-order valence-corrected chi connectivity index (χ0v) is 19.5. The Morgan fingerprint density at radius 1 is 0.939 bits per heavy atom. The summed E-state index contributed by atoms with van der Waals surface area (Å²) >= 11 is 6.20. The Morgan fingerprint density at radius 3 is 2.52 bits per heavy atom. The van der Waals surface area contributed by atoms with Gasteiger partial charge in [0.1, 0.15) is 12.4 Å². The highest BCUT2D eigenvalue weighted by molar-refractivity contribution is 6.31. The Labute approximate surface area is 199 Å². The Morgan fingerprint density at radius 2 is 1.73 bits per heavy atom. The predicted molar refractivity (Wildman–Crippen MR) is 131 cm³/mol. The molecule has 3 aromatic rings. The van der Waals surface area contributed by atoms with Gasteiger partial charge in [0.05, 0.1) is 19.4 Å². The summed E-state index contributed by atoms with van der Waals surface area (Å²) < 4.78 is 17.2. The van der Waals surface area contributed by atoms with Crippen molar-refractivity contribution >= 4 is 23.7 Å². The van der Waals surface area contributed by atoms with Crippen LogP contribution in [0.5, 0.6) is 17.2 Å². The second-order valence-corrected chi connectivity index (χ2v) is 7.47. The van der Waals surface area contributed by atoms with Crippen LogP contribution in [0.25, 0.3) is 0 Å². The number of nitrogens with one attached hydrogen (secondary N) is 1. The van der Waals surface area contributed by atoms with Crippen LogP contribution in [0.15, 0.2) is 71.8 Å². The van der Waals surface area contributed by atoms with Gasteiger partial charge in [0.15, 0.2) is 11.5 Å². The average molecular weight is 467 g/mol. The van der Waals surface area contributed by atoms with E-state index in [1.54, 1.807) is 24.4 Å². The molecule has 0 unspecified atom stereocenters. The smallest absolute Gasteiger partial charge is 0.271 e. The van der Waals surface area contributed by atoms with Crippen LogP contribution in [0.2, 0.25) is 5.02 Å². The van der Waals surface area contributed by atoms with E-state index in [9.17, 15) is 4.79 Å². The third-order valence-electron chi connectivity index (χ3n) is 4.60. The van der Waals surface area contributed by atoms with E-state index in [0.717, 1.165) is 17.5 Å². The topological polar surface area (TPSA) is 69.2 Å². The van der Waals surface area contributed by atoms with Crippen molar-refractivity contribution in [1.29, 1.82) is 0 Å². The Bertz CT molecular complexity index is 1100. The molecule has 172 valence electrons. The number of hydrogen-bond donors (Lipinski definition) is 1. The quantitative estimate of drug-likeness (QED) is 0.283. The average Bonchev–Trinajstić information content (AvgIpc) is 2.83. The summed E-state index contributed by atoms with van der Waals surface area (Å²) in [5, 5.41) is 4.74. The van der Waals surface area contributed by atoms with Gasteiger partial charge < -0.3 is 14.2 Å². The summed E-state index contributed by atoms with van der Waals surface area (Å²) in [5.74, 6) is 1.42. The minimum Gasteiger partial charge on any atom is -0.490 e. The molecule has 0 bridgehead atoms. The lowest BCUT2D eigenvalue weighted by Gasteiger charge is -2.12. The van der Waals surface area contributed by atoms with E-state index >= 15 is 0 Å². The molecular weight excluding hydrogens is 440 g/mol. The van der Waals surface area contributed by atoms with Crippen molar-refractivity contribution in [2.75, 3.05) is 13.2 Å². The minimum atomic E-state index is -0.358. The predicted octanol–water partition coefficient (Wildman–Crippen LogP) is 5.87. The highest BCUT2D eigenvalue weighted by Crippen LogP contribution is 2.28. The normalized spacial score (nSPS) is 10.8. The number of ether oxygens (including phenoxy) is 3. The van der Waals surface area contributed by atoms with Gasteiger partial charge >= 0.3 is 0 Å². The van der Waals surface area contributed by atoms with Gasteiger partial charge in [-0.1, -0.05) is 48.9 Å². The molecule has 0 atom stereocenters. The second kappa shape index (κ2) is 12.5. The van der Waals surface area contributed by atoms with E-state index in [1.807, 2.05) is 62.4 Å². The van der Waals surface area contributed by atoms with Crippen LogP contribution in [0.3, 0.4) is 0 Å². The maximum atomic E-state index is 12.6. The fourth-order valence-electron chi connectivity index (χ4n) is 2.96. The lowest BCUT2D eigenvalue weighted by atomic mass is 10.2. The van der Waals surface area contributed by atoms with Gasteiger partial charge in [0.25, 0.3) is 5.91 Å². The van der Waals surface area contributed by atoms with E-state index in [1.165, 1.54) is 0 Å². The first-order chi connectivity index (χ1) is 16.1. The molecule has 0 aliphatic carbocycles. The van der Waals surface area contributed by atoms with Crippen LogP contribution in [0.1, 0.15) is 41.8 Å². The summed E-state index contributed by atoms with van der Waals surface area (Å²) in [7, 11) is 0. The van der Waals surface area contributed by atoms with Gasteiger partial charge in [-0.05, 0) is 49.7 Å². The largest absolute Gasteiger partial charge is 0.490 e. The van der Waals surface area contributed by atoms with Gasteiger partial charge in [-0.15, -0.1) is 0 Å². The summed E-state index contributed by atoms with van der Waals surface area (Å²) in [6, 6.07) is 20.0. The number of rotatable bonds is 11. The molecule has 33 heavy (non-hydrogen) atoms. The number of para-hydroxylation sites is 1. The molecule has 0 aliphatic heterocycles. The first-order valence-electron chi connectivity index (χ1n) is 10.8. The molecule has 3 rings (SSSR count). The highest BCUT2D eigenvalue weighted by atomic mass is 35.5. The maximum absolute atomic E-state index is 12.6. The van der Waals surface area contributed by atoms with Gasteiger partial charge in [0, 0.05) is 21.7 Å². The Balaban J connectivity index is 1.66. The highest BCUT2D eigenvalue weighted by Gasteiger charge is 2.11. The number of nitrogens with zero attached hydrogens (tertiary/aromatic N) is 1. The molecule has 1 N–H and O–H groups in total. The molecule has 0 heterocycles. The van der Waals surface area contributed by atoms with Crippen LogP contribution >= 0.6 is 11.6 Å². The number of carbonyl (C=O) groups excluding carboxylic acids is 1. The SMILES string of the molecule is CCCOc1ccc(C(=O)N/N=C/c2ccccc2OCc2ccccc2Cl)cc1OCC. The van der Waals surface area contributed by atoms with Crippen LogP contribution < -0.4 is 19.6 Å². The van der Waals surface area contributed by atoms with Crippen molar-refractivity contribution in [2.24, 2.45) is 5.10 Å². The Kier molecular flexibility index (Phi) is 9.15. The van der Waals surface area contributed by atoms with Crippen LogP contribution in [0, 0.1) is 0 Å². The van der Waals surface area contributed by atoms with Crippen LogP contribution in [0.4, 0.5) is 0 Å². The summed E-state index contributed by atoms with van der Waals surface area (Å²) in [6.07, 6.45) is 2.42. The first kappa shape index (κ1) is 24.1. The van der Waals surface area contributed by atoms with Crippen molar-refractivity contribution < 1.29 is 19.0 Å². The summed E-state index contributed by atoms with van der Waals surface area (Å²) in [6.45, 7) is 5.28.